The van der Waals surface area contributed by atoms with Crippen LogP contribution in [0.2, 0.25) is 5.02 Å². The maximum absolute atomic E-state index is 13.1. The lowest BCUT2D eigenvalue weighted by Gasteiger charge is -2.13. The second kappa shape index (κ2) is 8.87. The first-order valence-corrected chi connectivity index (χ1v) is 8.81. The fourth-order valence-electron chi connectivity index (χ4n) is 2.62. The molecule has 0 bridgehead atoms. The van der Waals surface area contributed by atoms with Crippen LogP contribution in [0.3, 0.4) is 0 Å². The Labute approximate surface area is 156 Å². The van der Waals surface area contributed by atoms with Crippen molar-refractivity contribution in [1.82, 2.24) is 0 Å². The van der Waals surface area contributed by atoms with Crippen molar-refractivity contribution in [2.45, 2.75) is 18.9 Å². The van der Waals surface area contributed by atoms with Crippen LogP contribution in [0.25, 0.3) is 0 Å². The Balaban J connectivity index is 1.48. The number of ether oxygens (including phenoxy) is 2. The molecule has 0 aliphatic carbocycles. The predicted octanol–water partition coefficient (Wildman–Crippen LogP) is 4.09. The number of halogens is 2. The van der Waals surface area contributed by atoms with E-state index < -0.39 is 5.82 Å². The summed E-state index contributed by atoms with van der Waals surface area (Å²) in [6, 6.07) is 11.4. The van der Waals surface area contributed by atoms with Crippen molar-refractivity contribution in [2.75, 3.05) is 30.4 Å². The number of anilines is 2. The number of hydrogen-bond donors (Lipinski definition) is 2. The Morgan fingerprint density at radius 3 is 2.92 bits per heavy atom. The summed E-state index contributed by atoms with van der Waals surface area (Å²) in [4.78, 5) is 12.0. The van der Waals surface area contributed by atoms with Gasteiger partial charge >= 0.3 is 0 Å². The lowest BCUT2D eigenvalue weighted by molar-refractivity contribution is -0.114. The van der Waals surface area contributed by atoms with Crippen LogP contribution in [0, 0.1) is 5.82 Å². The fourth-order valence-corrected chi connectivity index (χ4v) is 2.80. The minimum Gasteiger partial charge on any atom is -0.491 e. The third-order valence-electron chi connectivity index (χ3n) is 3.95. The average Bonchev–Trinajstić information content (AvgIpc) is 3.15. The molecule has 3 rings (SSSR count). The highest BCUT2D eigenvalue weighted by molar-refractivity contribution is 6.31. The monoisotopic (exact) mass is 378 g/mol. The summed E-state index contributed by atoms with van der Waals surface area (Å²) in [6.45, 7) is 1.38. The molecule has 1 aliphatic heterocycles. The van der Waals surface area contributed by atoms with Gasteiger partial charge in [0.2, 0.25) is 5.91 Å². The van der Waals surface area contributed by atoms with Crippen molar-refractivity contribution in [3.8, 4) is 5.75 Å². The number of carbonyl (C=O) groups is 1. The van der Waals surface area contributed by atoms with E-state index in [0.717, 1.165) is 30.9 Å². The van der Waals surface area contributed by atoms with E-state index in [0.29, 0.717) is 12.3 Å². The molecule has 1 saturated heterocycles. The molecule has 5 nitrogen and oxygen atoms in total. The zero-order valence-corrected chi connectivity index (χ0v) is 14.9. The molecular formula is C19H20ClFN2O3. The molecule has 2 aromatic rings. The molecule has 7 heteroatoms. The van der Waals surface area contributed by atoms with Gasteiger partial charge in [0.15, 0.2) is 0 Å². The van der Waals surface area contributed by atoms with E-state index >= 15 is 0 Å². The number of hydrogen-bond acceptors (Lipinski definition) is 4. The van der Waals surface area contributed by atoms with E-state index in [1.807, 2.05) is 24.3 Å². The first-order chi connectivity index (χ1) is 12.6. The second-order valence-corrected chi connectivity index (χ2v) is 6.41. The van der Waals surface area contributed by atoms with Crippen molar-refractivity contribution in [2.24, 2.45) is 0 Å². The third kappa shape index (κ3) is 5.34. The van der Waals surface area contributed by atoms with Gasteiger partial charge < -0.3 is 20.1 Å². The summed E-state index contributed by atoms with van der Waals surface area (Å²) in [5, 5.41) is 5.65. The quantitative estimate of drug-likeness (QED) is 0.762. The Kier molecular flexibility index (Phi) is 6.30. The van der Waals surface area contributed by atoms with Gasteiger partial charge in [0.1, 0.15) is 18.2 Å². The Morgan fingerprint density at radius 2 is 2.15 bits per heavy atom. The average molecular weight is 379 g/mol. The van der Waals surface area contributed by atoms with Crippen LogP contribution in [0.5, 0.6) is 5.75 Å². The summed E-state index contributed by atoms with van der Waals surface area (Å²) < 4.78 is 24.4. The maximum Gasteiger partial charge on any atom is 0.243 e. The van der Waals surface area contributed by atoms with Crippen molar-refractivity contribution >= 4 is 28.9 Å². The van der Waals surface area contributed by atoms with Gasteiger partial charge in [-0.1, -0.05) is 17.7 Å². The van der Waals surface area contributed by atoms with Crippen LogP contribution in [0.4, 0.5) is 15.8 Å². The van der Waals surface area contributed by atoms with Crippen LogP contribution >= 0.6 is 11.6 Å². The first-order valence-electron chi connectivity index (χ1n) is 8.43. The van der Waals surface area contributed by atoms with Gasteiger partial charge in [-0.25, -0.2) is 4.39 Å². The topological polar surface area (TPSA) is 59.6 Å². The lowest BCUT2D eigenvalue weighted by Crippen LogP contribution is -2.21. The summed E-state index contributed by atoms with van der Waals surface area (Å²) in [6.07, 6.45) is 2.25. The van der Waals surface area contributed by atoms with Crippen molar-refractivity contribution in [1.29, 1.82) is 0 Å². The molecule has 1 amide bonds. The van der Waals surface area contributed by atoms with E-state index in [1.54, 1.807) is 0 Å². The zero-order chi connectivity index (χ0) is 18.4. The molecule has 0 radical (unpaired) electrons. The van der Waals surface area contributed by atoms with Gasteiger partial charge in [-0.2, -0.15) is 0 Å². The van der Waals surface area contributed by atoms with E-state index in [-0.39, 0.29) is 23.6 Å². The molecule has 1 aliphatic rings. The van der Waals surface area contributed by atoms with E-state index in [1.165, 1.54) is 18.2 Å². The van der Waals surface area contributed by atoms with Gasteiger partial charge in [0.05, 0.1) is 17.7 Å². The van der Waals surface area contributed by atoms with Crippen LogP contribution in [-0.2, 0) is 9.53 Å². The highest BCUT2D eigenvalue weighted by Crippen LogP contribution is 2.21. The smallest absolute Gasteiger partial charge is 0.243 e. The molecule has 1 fully saturated rings. The molecule has 26 heavy (non-hydrogen) atoms. The highest BCUT2D eigenvalue weighted by Gasteiger charge is 2.16. The second-order valence-electron chi connectivity index (χ2n) is 6.00. The Bertz CT molecular complexity index is 766. The Hall–Kier alpha value is -2.31. The molecule has 2 aromatic carbocycles. The number of nitrogens with one attached hydrogen (secondary N) is 2. The van der Waals surface area contributed by atoms with Gasteiger partial charge in [-0.3, -0.25) is 4.79 Å². The molecule has 1 heterocycles. The number of carbonyl (C=O) groups excluding carboxylic acids is 1. The molecule has 2 N–H and O–H groups in total. The van der Waals surface area contributed by atoms with Gasteiger partial charge in [-0.15, -0.1) is 0 Å². The van der Waals surface area contributed by atoms with E-state index in [9.17, 15) is 9.18 Å². The van der Waals surface area contributed by atoms with E-state index in [2.05, 4.69) is 10.6 Å². The van der Waals surface area contributed by atoms with Crippen molar-refractivity contribution in [3.63, 3.8) is 0 Å². The standard InChI is InChI=1S/C19H20ClFN2O3/c20-17-10-14(6-7-18(17)21)23-19(24)11-22-13-3-1-4-15(9-13)26-12-16-5-2-8-25-16/h1,3-4,6-7,9-10,16,22H,2,5,8,11-12H2,(H,23,24). The first kappa shape index (κ1) is 18.5. The molecule has 0 spiro atoms. The van der Waals surface area contributed by atoms with E-state index in [4.69, 9.17) is 21.1 Å². The van der Waals surface area contributed by atoms with Crippen molar-refractivity contribution in [3.05, 3.63) is 53.3 Å². The lowest BCUT2D eigenvalue weighted by atomic mass is 10.2. The van der Waals surface area contributed by atoms with Crippen molar-refractivity contribution < 1.29 is 18.7 Å². The van der Waals surface area contributed by atoms with Gasteiger partial charge in [-0.05, 0) is 43.2 Å². The maximum atomic E-state index is 13.1. The predicted molar refractivity (Wildman–Crippen MR) is 99.4 cm³/mol. The van der Waals surface area contributed by atoms with Crippen LogP contribution in [0.1, 0.15) is 12.8 Å². The molecular weight excluding hydrogens is 359 g/mol. The van der Waals surface area contributed by atoms with Crippen LogP contribution in [-0.4, -0.2) is 31.8 Å². The zero-order valence-electron chi connectivity index (χ0n) is 14.1. The third-order valence-corrected chi connectivity index (χ3v) is 4.24. The van der Waals surface area contributed by atoms with Gasteiger partial charge in [0.25, 0.3) is 0 Å². The Morgan fingerprint density at radius 1 is 1.27 bits per heavy atom. The minimum atomic E-state index is -0.525. The molecule has 138 valence electrons. The van der Waals surface area contributed by atoms with Crippen LogP contribution in [0.15, 0.2) is 42.5 Å². The molecule has 0 saturated carbocycles. The largest absolute Gasteiger partial charge is 0.491 e. The number of rotatable bonds is 7. The number of benzene rings is 2. The van der Waals surface area contributed by atoms with Crippen LogP contribution < -0.4 is 15.4 Å². The fraction of sp³-hybridized carbons (Fsp3) is 0.316. The molecule has 1 unspecified atom stereocenters. The molecule has 1 atom stereocenters. The minimum absolute atomic E-state index is 0.0353. The molecule has 0 aromatic heterocycles. The highest BCUT2D eigenvalue weighted by atomic mass is 35.5. The van der Waals surface area contributed by atoms with Gasteiger partial charge in [0, 0.05) is 24.0 Å². The normalized spacial score (nSPS) is 16.3. The number of amides is 1. The summed E-state index contributed by atoms with van der Waals surface area (Å²) in [7, 11) is 0. The summed E-state index contributed by atoms with van der Waals surface area (Å²) >= 11 is 5.70. The summed E-state index contributed by atoms with van der Waals surface area (Å²) in [5.41, 5.74) is 1.21. The SMILES string of the molecule is O=C(CNc1cccc(OCC2CCCO2)c1)Nc1ccc(F)c(Cl)c1. The summed E-state index contributed by atoms with van der Waals surface area (Å²) in [5.74, 6) is -0.0721.